The Hall–Kier alpha value is -1.68. The summed E-state index contributed by atoms with van der Waals surface area (Å²) in [5, 5.41) is 0.508. The van der Waals surface area contributed by atoms with Gasteiger partial charge in [0.2, 0.25) is 0 Å². The van der Waals surface area contributed by atoms with Crippen molar-refractivity contribution in [2.45, 2.75) is 26.7 Å². The molecule has 1 heterocycles. The van der Waals surface area contributed by atoms with E-state index >= 15 is 0 Å². The Labute approximate surface area is 115 Å². The molecule has 0 spiro atoms. The smallest absolute Gasteiger partial charge is 0.358 e. The summed E-state index contributed by atoms with van der Waals surface area (Å²) in [4.78, 5) is 27.6. The van der Waals surface area contributed by atoms with Crippen LogP contribution in [0.2, 0.25) is 5.02 Å². The maximum atomic E-state index is 11.7. The molecule has 4 nitrogen and oxygen atoms in total. The molecule has 0 saturated heterocycles. The first-order valence-electron chi connectivity index (χ1n) is 6.06. The molecule has 0 aliphatic carbocycles. The van der Waals surface area contributed by atoms with E-state index in [-0.39, 0.29) is 23.8 Å². The quantitative estimate of drug-likeness (QED) is 0.863. The lowest BCUT2D eigenvalue weighted by Crippen LogP contribution is -2.16. The van der Waals surface area contributed by atoms with Crippen molar-refractivity contribution in [3.8, 4) is 0 Å². The number of hydrogen-bond acceptors (Lipinski definition) is 4. The van der Waals surface area contributed by atoms with E-state index in [0.717, 1.165) is 0 Å². The molecule has 0 bridgehead atoms. The number of carbonyl (C=O) groups excluding carboxylic acids is 1. The molecule has 19 heavy (non-hydrogen) atoms. The van der Waals surface area contributed by atoms with Gasteiger partial charge in [0, 0.05) is 11.4 Å². The van der Waals surface area contributed by atoms with Gasteiger partial charge in [0.25, 0.3) is 0 Å². The van der Waals surface area contributed by atoms with Gasteiger partial charge in [-0.05, 0) is 24.1 Å². The zero-order chi connectivity index (χ0) is 14.0. The Balaban J connectivity index is 2.35. The Kier molecular flexibility index (Phi) is 4.00. The summed E-state index contributed by atoms with van der Waals surface area (Å²) in [5.74, 6) is 0.241. The number of halogens is 1. The third-order valence-corrected chi connectivity index (χ3v) is 2.85. The summed E-state index contributed by atoms with van der Waals surface area (Å²) >= 11 is 5.86. The van der Waals surface area contributed by atoms with Crippen molar-refractivity contribution in [1.29, 1.82) is 0 Å². The van der Waals surface area contributed by atoms with E-state index in [1.807, 2.05) is 13.8 Å². The molecule has 1 aromatic heterocycles. The van der Waals surface area contributed by atoms with Gasteiger partial charge in [-0.1, -0.05) is 25.4 Å². The van der Waals surface area contributed by atoms with Gasteiger partial charge in [-0.15, -0.1) is 0 Å². The van der Waals surface area contributed by atoms with Crippen LogP contribution in [0.1, 0.15) is 26.0 Å². The first kappa shape index (κ1) is 13.7. The molecular weight excluding hydrogens is 266 g/mol. The van der Waals surface area contributed by atoms with Gasteiger partial charge in [-0.2, -0.15) is 0 Å². The van der Waals surface area contributed by atoms with Crippen LogP contribution in [0.3, 0.4) is 0 Å². The second-order valence-corrected chi connectivity index (χ2v) is 5.31. The van der Waals surface area contributed by atoms with Crippen molar-refractivity contribution in [2.75, 3.05) is 0 Å². The number of rotatable bonds is 4. The minimum atomic E-state index is -0.563. The molecule has 0 aliphatic rings. The molecule has 0 aliphatic heterocycles. The van der Waals surface area contributed by atoms with Gasteiger partial charge in [0.15, 0.2) is 5.58 Å². The monoisotopic (exact) mass is 279 g/mol. The van der Waals surface area contributed by atoms with Crippen LogP contribution >= 0.6 is 11.6 Å². The number of benzene rings is 1. The second-order valence-electron chi connectivity index (χ2n) is 4.87. The molecule has 5 heteroatoms. The molecule has 0 unspecified atom stereocenters. The number of fused-ring (bicyclic) bond motifs is 1. The van der Waals surface area contributed by atoms with Crippen LogP contribution < -0.4 is 5.63 Å². The first-order chi connectivity index (χ1) is 8.95. The third-order valence-electron chi connectivity index (χ3n) is 2.62. The van der Waals surface area contributed by atoms with Gasteiger partial charge in [-0.3, -0.25) is 4.79 Å². The SMILES string of the molecule is CC(C)CC(=O)Cc1nc2cc(Cl)ccc2oc1=O. The number of aromatic nitrogens is 1. The Morgan fingerprint density at radius 3 is 2.84 bits per heavy atom. The average molecular weight is 280 g/mol. The van der Waals surface area contributed by atoms with E-state index in [1.165, 1.54) is 0 Å². The summed E-state index contributed by atoms with van der Waals surface area (Å²) in [5.41, 5.74) is 0.432. The van der Waals surface area contributed by atoms with Gasteiger partial charge in [0.1, 0.15) is 17.0 Å². The minimum absolute atomic E-state index is 0.00294. The van der Waals surface area contributed by atoms with Crippen molar-refractivity contribution in [1.82, 2.24) is 4.98 Å². The van der Waals surface area contributed by atoms with Crippen LogP contribution in [0.25, 0.3) is 11.1 Å². The predicted molar refractivity (Wildman–Crippen MR) is 73.5 cm³/mol. The first-order valence-corrected chi connectivity index (χ1v) is 6.44. The Morgan fingerprint density at radius 1 is 1.42 bits per heavy atom. The lowest BCUT2D eigenvalue weighted by molar-refractivity contribution is -0.119. The minimum Gasteiger partial charge on any atom is -0.420 e. The molecule has 1 aromatic carbocycles. The third kappa shape index (κ3) is 3.41. The van der Waals surface area contributed by atoms with E-state index in [9.17, 15) is 9.59 Å². The van der Waals surface area contributed by atoms with Crippen molar-refractivity contribution in [3.05, 3.63) is 39.3 Å². The van der Waals surface area contributed by atoms with E-state index in [2.05, 4.69) is 4.98 Å². The average Bonchev–Trinajstić information content (AvgIpc) is 2.29. The molecule has 100 valence electrons. The fraction of sp³-hybridized carbons (Fsp3) is 0.357. The summed E-state index contributed by atoms with van der Waals surface area (Å²) in [6.07, 6.45) is 0.428. The van der Waals surface area contributed by atoms with Gasteiger partial charge >= 0.3 is 5.63 Å². The molecule has 0 radical (unpaired) electrons. The lowest BCUT2D eigenvalue weighted by atomic mass is 10.0. The number of carbonyl (C=O) groups is 1. The van der Waals surface area contributed by atoms with Crippen LogP contribution in [0, 0.1) is 5.92 Å². The second kappa shape index (κ2) is 5.53. The molecule has 0 amide bonds. The fourth-order valence-electron chi connectivity index (χ4n) is 1.84. The highest BCUT2D eigenvalue weighted by Crippen LogP contribution is 2.16. The van der Waals surface area contributed by atoms with E-state index in [4.69, 9.17) is 16.0 Å². The number of ketones is 1. The molecule has 0 fully saturated rings. The van der Waals surface area contributed by atoms with Crippen molar-refractivity contribution in [2.24, 2.45) is 5.92 Å². The summed E-state index contributed by atoms with van der Waals surface area (Å²) in [6.45, 7) is 3.90. The van der Waals surface area contributed by atoms with Crippen LogP contribution in [0.15, 0.2) is 27.4 Å². The molecule has 0 saturated carbocycles. The predicted octanol–water partition coefficient (Wildman–Crippen LogP) is 3.00. The van der Waals surface area contributed by atoms with Crippen LogP contribution in [0.4, 0.5) is 0 Å². The maximum absolute atomic E-state index is 11.7. The zero-order valence-electron chi connectivity index (χ0n) is 10.8. The fourth-order valence-corrected chi connectivity index (χ4v) is 2.01. The van der Waals surface area contributed by atoms with Gasteiger partial charge in [0.05, 0.1) is 6.42 Å². The lowest BCUT2D eigenvalue weighted by Gasteiger charge is -2.03. The number of Topliss-reactive ketones (excluding diaryl/α,β-unsaturated/α-hetero) is 1. The normalized spacial score (nSPS) is 11.2. The summed E-state index contributed by atoms with van der Waals surface area (Å²) in [6, 6.07) is 4.82. The highest BCUT2D eigenvalue weighted by molar-refractivity contribution is 6.31. The molecule has 2 rings (SSSR count). The van der Waals surface area contributed by atoms with E-state index in [1.54, 1.807) is 18.2 Å². The maximum Gasteiger partial charge on any atom is 0.358 e. The molecule has 2 aromatic rings. The Morgan fingerprint density at radius 2 is 2.16 bits per heavy atom. The summed E-state index contributed by atoms with van der Waals surface area (Å²) < 4.78 is 5.12. The van der Waals surface area contributed by atoms with Gasteiger partial charge < -0.3 is 4.42 Å². The van der Waals surface area contributed by atoms with Crippen LogP contribution in [-0.4, -0.2) is 10.8 Å². The zero-order valence-corrected chi connectivity index (χ0v) is 11.5. The van der Waals surface area contributed by atoms with Crippen LogP contribution in [0.5, 0.6) is 0 Å². The highest BCUT2D eigenvalue weighted by Gasteiger charge is 2.13. The molecule has 0 atom stereocenters. The van der Waals surface area contributed by atoms with Crippen molar-refractivity contribution < 1.29 is 9.21 Å². The van der Waals surface area contributed by atoms with E-state index < -0.39 is 5.63 Å². The van der Waals surface area contributed by atoms with E-state index in [0.29, 0.717) is 22.5 Å². The van der Waals surface area contributed by atoms with Crippen molar-refractivity contribution >= 4 is 28.5 Å². The van der Waals surface area contributed by atoms with Crippen molar-refractivity contribution in [3.63, 3.8) is 0 Å². The van der Waals surface area contributed by atoms with Gasteiger partial charge in [-0.25, -0.2) is 9.78 Å². The molecule has 0 N–H and O–H groups in total. The standard InChI is InChI=1S/C14H14ClNO3/c1-8(2)5-10(17)7-12-14(18)19-13-4-3-9(15)6-11(13)16-12/h3-4,6,8H,5,7H2,1-2H3. The van der Waals surface area contributed by atoms with Crippen LogP contribution in [-0.2, 0) is 11.2 Å². The number of nitrogens with zero attached hydrogens (tertiary/aromatic N) is 1. The highest BCUT2D eigenvalue weighted by atomic mass is 35.5. The largest absolute Gasteiger partial charge is 0.420 e. The summed E-state index contributed by atoms with van der Waals surface area (Å²) in [7, 11) is 0. The number of hydrogen-bond donors (Lipinski definition) is 0. The topological polar surface area (TPSA) is 60.2 Å². The Bertz CT molecular complexity index is 676. The molecular formula is C14H14ClNO3.